The molecule has 0 fully saturated rings. The highest BCUT2D eigenvalue weighted by molar-refractivity contribution is 5.92. The van der Waals surface area contributed by atoms with Gasteiger partial charge in [-0.1, -0.05) is 32.0 Å². The number of H-pyrrole nitrogens is 1. The Morgan fingerprint density at radius 3 is 2.44 bits per heavy atom. The Morgan fingerprint density at radius 2 is 1.78 bits per heavy atom. The summed E-state index contributed by atoms with van der Waals surface area (Å²) in [6, 6.07) is 4.80. The molecule has 2 amide bonds. The van der Waals surface area contributed by atoms with Crippen LogP contribution in [-0.4, -0.2) is 84.0 Å². The molecule has 0 aliphatic rings. The molecule has 0 aliphatic carbocycles. The average molecular weight is 506 g/mol. The van der Waals surface area contributed by atoms with Crippen LogP contribution in [0.5, 0.6) is 0 Å². The van der Waals surface area contributed by atoms with Gasteiger partial charge in [0.2, 0.25) is 5.91 Å². The van der Waals surface area contributed by atoms with Crippen LogP contribution >= 0.6 is 0 Å². The number of rotatable bonds is 15. The molecule has 0 saturated heterocycles. The summed E-state index contributed by atoms with van der Waals surface area (Å²) >= 11 is 0. The Morgan fingerprint density at radius 1 is 1.08 bits per heavy atom. The van der Waals surface area contributed by atoms with Gasteiger partial charge in [-0.2, -0.15) is 0 Å². The van der Waals surface area contributed by atoms with Crippen LogP contribution in [0.1, 0.15) is 32.3 Å². The fourth-order valence-corrected chi connectivity index (χ4v) is 3.91. The van der Waals surface area contributed by atoms with Crippen LogP contribution in [-0.2, 0) is 25.5 Å². The average Bonchev–Trinajstić information content (AvgIpc) is 3.27. The molecular formula is C25H39N5O6. The lowest BCUT2D eigenvalue weighted by Gasteiger charge is -2.25. The number of nitrogens with one attached hydrogen (secondary N) is 4. The molecule has 1 aromatic carbocycles. The number of aliphatic hydroxyl groups excluding tert-OH is 2. The monoisotopic (exact) mass is 505 g/mol. The number of carbonyl (C=O) groups is 3. The normalized spacial score (nSPS) is 14.8. The van der Waals surface area contributed by atoms with Crippen molar-refractivity contribution in [3.05, 3.63) is 36.0 Å². The van der Waals surface area contributed by atoms with Crippen LogP contribution < -0.4 is 21.7 Å². The molecule has 11 nitrogen and oxygen atoms in total. The summed E-state index contributed by atoms with van der Waals surface area (Å²) in [7, 11) is 1.25. The summed E-state index contributed by atoms with van der Waals surface area (Å²) in [5.74, 6) is -1.89. The first-order valence-corrected chi connectivity index (χ1v) is 12.2. The summed E-state index contributed by atoms with van der Waals surface area (Å²) < 4.78 is 4.91. The molecule has 0 unspecified atom stereocenters. The molecule has 36 heavy (non-hydrogen) atoms. The maximum absolute atomic E-state index is 13.2. The number of fused-ring (bicyclic) bond motifs is 1. The predicted octanol–water partition coefficient (Wildman–Crippen LogP) is -0.441. The minimum Gasteiger partial charge on any atom is -0.467 e. The zero-order valence-corrected chi connectivity index (χ0v) is 21.1. The van der Waals surface area contributed by atoms with Gasteiger partial charge in [0.05, 0.1) is 13.7 Å². The number of methoxy groups -OCH3 is 1. The lowest BCUT2D eigenvalue weighted by atomic mass is 10.00. The van der Waals surface area contributed by atoms with Gasteiger partial charge in [-0.25, -0.2) is 4.79 Å². The lowest BCUT2D eigenvalue weighted by Crippen LogP contribution is -2.56. The van der Waals surface area contributed by atoms with Crippen LogP contribution in [0.4, 0.5) is 0 Å². The third kappa shape index (κ3) is 8.59. The molecule has 2 rings (SSSR count). The molecular weight excluding hydrogens is 466 g/mol. The van der Waals surface area contributed by atoms with E-state index in [9.17, 15) is 19.5 Å². The summed E-state index contributed by atoms with van der Waals surface area (Å²) in [6.45, 7) is 4.55. The van der Waals surface area contributed by atoms with E-state index < -0.39 is 42.0 Å². The van der Waals surface area contributed by atoms with E-state index in [1.165, 1.54) is 7.11 Å². The molecule has 11 heteroatoms. The van der Waals surface area contributed by atoms with Crippen molar-refractivity contribution in [2.45, 2.75) is 57.3 Å². The molecule has 0 saturated carbocycles. The lowest BCUT2D eigenvalue weighted by molar-refractivity contribution is -0.145. The largest absolute Gasteiger partial charge is 0.467 e. The van der Waals surface area contributed by atoms with E-state index >= 15 is 0 Å². The number of ether oxygens (including phenoxy) is 1. The van der Waals surface area contributed by atoms with E-state index in [0.29, 0.717) is 25.9 Å². The quantitative estimate of drug-likeness (QED) is 0.126. The summed E-state index contributed by atoms with van der Waals surface area (Å²) in [4.78, 5) is 41.5. The van der Waals surface area contributed by atoms with Gasteiger partial charge < -0.3 is 41.6 Å². The van der Waals surface area contributed by atoms with Gasteiger partial charge in [0.1, 0.15) is 18.2 Å². The highest BCUT2D eigenvalue weighted by Gasteiger charge is 2.31. The zero-order chi connectivity index (χ0) is 26.7. The fourth-order valence-electron chi connectivity index (χ4n) is 3.91. The second-order valence-electron chi connectivity index (χ2n) is 9.21. The maximum Gasteiger partial charge on any atom is 0.328 e. The van der Waals surface area contributed by atoms with Crippen molar-refractivity contribution >= 4 is 28.7 Å². The Kier molecular flexibility index (Phi) is 11.8. The highest BCUT2D eigenvalue weighted by atomic mass is 16.5. The Balaban J connectivity index is 2.09. The van der Waals surface area contributed by atoms with Gasteiger partial charge in [0.15, 0.2) is 0 Å². The van der Waals surface area contributed by atoms with Crippen molar-refractivity contribution in [3.8, 4) is 0 Å². The van der Waals surface area contributed by atoms with Crippen molar-refractivity contribution in [2.75, 3.05) is 26.8 Å². The molecule has 0 spiro atoms. The molecule has 0 aliphatic heterocycles. The van der Waals surface area contributed by atoms with Crippen molar-refractivity contribution in [2.24, 2.45) is 11.7 Å². The summed E-state index contributed by atoms with van der Waals surface area (Å²) in [6.07, 6.45) is 1.04. The molecule has 0 bridgehead atoms. The zero-order valence-electron chi connectivity index (χ0n) is 21.1. The smallest absolute Gasteiger partial charge is 0.328 e. The van der Waals surface area contributed by atoms with E-state index in [1.807, 2.05) is 38.1 Å². The molecule has 200 valence electrons. The number of aromatic amines is 1. The van der Waals surface area contributed by atoms with Gasteiger partial charge in [0.25, 0.3) is 5.91 Å². The number of para-hydroxylation sites is 1. The van der Waals surface area contributed by atoms with E-state index in [-0.39, 0.29) is 18.9 Å². The number of hydrogen-bond donors (Lipinski definition) is 7. The number of aromatic nitrogens is 1. The third-order valence-corrected chi connectivity index (χ3v) is 5.86. The number of hydrogen-bond acceptors (Lipinski definition) is 8. The van der Waals surface area contributed by atoms with Crippen molar-refractivity contribution in [3.63, 3.8) is 0 Å². The molecule has 4 atom stereocenters. The fraction of sp³-hybridized carbons (Fsp3) is 0.560. The van der Waals surface area contributed by atoms with Crippen LogP contribution in [0.3, 0.4) is 0 Å². The standard InChI is InChI=1S/C25H39N5O6/c1-15(2)12-20(29-24(34)22(32)18(26)8-9-27-10-11-31)23(33)30-21(25(35)36-3)13-16-14-28-19-7-5-4-6-17(16)19/h4-7,14-15,18,20-22,27-28,31-32H,8-13,26H2,1-3H3,(H,29,34)(H,30,33)/t18-,20+,21+,22+/m1/s1. The molecule has 1 heterocycles. The number of carbonyl (C=O) groups excluding carboxylic acids is 3. The predicted molar refractivity (Wildman–Crippen MR) is 136 cm³/mol. The Bertz CT molecular complexity index is 994. The van der Waals surface area contributed by atoms with E-state index in [2.05, 4.69) is 20.9 Å². The van der Waals surface area contributed by atoms with Gasteiger partial charge in [-0.05, 0) is 36.9 Å². The van der Waals surface area contributed by atoms with Gasteiger partial charge >= 0.3 is 5.97 Å². The van der Waals surface area contributed by atoms with E-state index in [4.69, 9.17) is 15.6 Å². The third-order valence-electron chi connectivity index (χ3n) is 5.86. The second-order valence-corrected chi connectivity index (χ2v) is 9.21. The van der Waals surface area contributed by atoms with Gasteiger partial charge in [-0.15, -0.1) is 0 Å². The van der Waals surface area contributed by atoms with Crippen LogP contribution in [0, 0.1) is 5.92 Å². The van der Waals surface area contributed by atoms with Crippen molar-refractivity contribution < 1.29 is 29.3 Å². The first-order valence-electron chi connectivity index (χ1n) is 12.2. The molecule has 0 radical (unpaired) electrons. The Labute approximate surface area is 211 Å². The van der Waals surface area contributed by atoms with Crippen LogP contribution in [0.15, 0.2) is 30.5 Å². The highest BCUT2D eigenvalue weighted by Crippen LogP contribution is 2.19. The number of nitrogens with two attached hydrogens (primary N) is 1. The van der Waals surface area contributed by atoms with Gasteiger partial charge in [0, 0.05) is 36.1 Å². The minimum atomic E-state index is -1.52. The van der Waals surface area contributed by atoms with Gasteiger partial charge in [-0.3, -0.25) is 9.59 Å². The van der Waals surface area contributed by atoms with Crippen molar-refractivity contribution in [1.29, 1.82) is 0 Å². The molecule has 1 aromatic heterocycles. The van der Waals surface area contributed by atoms with E-state index in [1.54, 1.807) is 6.20 Å². The Hall–Kier alpha value is -2.99. The topological polar surface area (TPSA) is 179 Å². The number of benzene rings is 1. The summed E-state index contributed by atoms with van der Waals surface area (Å²) in [5, 5.41) is 28.3. The van der Waals surface area contributed by atoms with Crippen LogP contribution in [0.25, 0.3) is 10.9 Å². The second kappa shape index (κ2) is 14.5. The molecule has 8 N–H and O–H groups in total. The maximum atomic E-state index is 13.2. The summed E-state index contributed by atoms with van der Waals surface area (Å²) in [5.41, 5.74) is 7.68. The van der Waals surface area contributed by atoms with E-state index in [0.717, 1.165) is 16.5 Å². The number of aliphatic hydroxyl groups is 2. The SMILES string of the molecule is COC(=O)[C@H](Cc1c[nH]c2ccccc12)NC(=O)[C@H](CC(C)C)NC(=O)[C@@H](O)[C@H](N)CCNCCO. The number of amides is 2. The first kappa shape index (κ1) is 29.2. The minimum absolute atomic E-state index is 0.0306. The number of esters is 1. The molecule has 2 aromatic rings. The first-order chi connectivity index (χ1) is 17.2. The van der Waals surface area contributed by atoms with Crippen LogP contribution in [0.2, 0.25) is 0 Å². The van der Waals surface area contributed by atoms with Crippen molar-refractivity contribution in [1.82, 2.24) is 20.9 Å².